The van der Waals surface area contributed by atoms with Crippen LogP contribution in [0.4, 0.5) is 13.2 Å². The van der Waals surface area contributed by atoms with Crippen molar-refractivity contribution >= 4 is 11.3 Å². The van der Waals surface area contributed by atoms with Crippen molar-refractivity contribution in [3.63, 3.8) is 0 Å². The molecular weight excluding hydrogens is 211 g/mol. The third kappa shape index (κ3) is 2.72. The Morgan fingerprint density at radius 3 is 2.50 bits per heavy atom. The Hall–Kier alpha value is -0.550. The molecule has 1 heterocycles. The lowest BCUT2D eigenvalue weighted by molar-refractivity contribution is -0.157. The second kappa shape index (κ2) is 4.31. The SMILES string of the molecule is CCNC(c1csc(C)c1)C(F)(F)F. The van der Waals surface area contributed by atoms with Gasteiger partial charge in [-0.1, -0.05) is 6.92 Å². The molecule has 0 aliphatic heterocycles. The highest BCUT2D eigenvalue weighted by Gasteiger charge is 2.40. The molecule has 0 fully saturated rings. The van der Waals surface area contributed by atoms with Crippen LogP contribution in [-0.2, 0) is 0 Å². The molecule has 1 rings (SSSR count). The molecule has 5 heteroatoms. The number of rotatable bonds is 3. The third-order valence-electron chi connectivity index (χ3n) is 1.82. The molecule has 1 aromatic heterocycles. The molecule has 0 bridgehead atoms. The Labute approximate surface area is 84.9 Å². The second-order valence-corrected chi connectivity index (χ2v) is 4.14. The molecule has 0 saturated heterocycles. The number of thiophene rings is 1. The number of alkyl halides is 3. The van der Waals surface area contributed by atoms with Gasteiger partial charge in [-0.05, 0) is 30.5 Å². The molecule has 1 aromatic rings. The smallest absolute Gasteiger partial charge is 0.303 e. The van der Waals surface area contributed by atoms with Crippen LogP contribution in [0.1, 0.15) is 23.4 Å². The van der Waals surface area contributed by atoms with E-state index in [1.54, 1.807) is 25.3 Å². The highest BCUT2D eigenvalue weighted by molar-refractivity contribution is 7.10. The van der Waals surface area contributed by atoms with Crippen LogP contribution in [0.15, 0.2) is 11.4 Å². The monoisotopic (exact) mass is 223 g/mol. The van der Waals surface area contributed by atoms with Gasteiger partial charge in [0.1, 0.15) is 6.04 Å². The fourth-order valence-electron chi connectivity index (χ4n) is 1.24. The molecule has 80 valence electrons. The van der Waals surface area contributed by atoms with Gasteiger partial charge >= 0.3 is 6.18 Å². The van der Waals surface area contributed by atoms with Crippen LogP contribution in [0.3, 0.4) is 0 Å². The standard InChI is InChI=1S/C9H12F3NS/c1-3-13-8(9(10,11)12)7-4-6(2)14-5-7/h4-5,8,13H,3H2,1-2H3. The van der Waals surface area contributed by atoms with Crippen LogP contribution in [0.2, 0.25) is 0 Å². The van der Waals surface area contributed by atoms with Gasteiger partial charge in [0.05, 0.1) is 0 Å². The normalized spacial score (nSPS) is 14.4. The van der Waals surface area contributed by atoms with E-state index in [0.29, 0.717) is 12.1 Å². The summed E-state index contributed by atoms with van der Waals surface area (Å²) in [5.41, 5.74) is 0.307. The molecule has 14 heavy (non-hydrogen) atoms. The van der Waals surface area contributed by atoms with Crippen molar-refractivity contribution in [1.29, 1.82) is 0 Å². The fourth-order valence-corrected chi connectivity index (χ4v) is 1.97. The second-order valence-electron chi connectivity index (χ2n) is 3.02. The summed E-state index contributed by atoms with van der Waals surface area (Å²) >= 11 is 1.33. The highest BCUT2D eigenvalue weighted by atomic mass is 32.1. The number of halogens is 3. The number of hydrogen-bond donors (Lipinski definition) is 1. The van der Waals surface area contributed by atoms with E-state index in [-0.39, 0.29) is 0 Å². The summed E-state index contributed by atoms with van der Waals surface area (Å²) in [7, 11) is 0. The van der Waals surface area contributed by atoms with Crippen molar-refractivity contribution in [1.82, 2.24) is 5.32 Å². The van der Waals surface area contributed by atoms with E-state index in [1.807, 2.05) is 0 Å². The first-order valence-corrected chi connectivity index (χ1v) is 5.18. The average Bonchev–Trinajstić information content (AvgIpc) is 2.45. The zero-order chi connectivity index (χ0) is 10.8. The van der Waals surface area contributed by atoms with Crippen molar-refractivity contribution < 1.29 is 13.2 Å². The van der Waals surface area contributed by atoms with Crippen LogP contribution < -0.4 is 5.32 Å². The van der Waals surface area contributed by atoms with Crippen molar-refractivity contribution in [2.75, 3.05) is 6.54 Å². The van der Waals surface area contributed by atoms with Crippen LogP contribution in [0, 0.1) is 6.92 Å². The van der Waals surface area contributed by atoms with Crippen LogP contribution >= 0.6 is 11.3 Å². The summed E-state index contributed by atoms with van der Waals surface area (Å²) < 4.78 is 37.6. The highest BCUT2D eigenvalue weighted by Crippen LogP contribution is 2.34. The molecule has 0 aliphatic carbocycles. The lowest BCUT2D eigenvalue weighted by atomic mass is 10.1. The Morgan fingerprint density at radius 1 is 1.50 bits per heavy atom. The molecular formula is C9H12F3NS. The topological polar surface area (TPSA) is 12.0 Å². The predicted octanol–water partition coefficient (Wildman–Crippen LogP) is 3.27. The Bertz CT molecular complexity index is 292. The molecule has 0 aliphatic rings. The number of hydrogen-bond acceptors (Lipinski definition) is 2. The van der Waals surface area contributed by atoms with Gasteiger partial charge in [0.15, 0.2) is 0 Å². The van der Waals surface area contributed by atoms with E-state index in [2.05, 4.69) is 5.32 Å². The lowest BCUT2D eigenvalue weighted by Crippen LogP contribution is -2.33. The molecule has 0 radical (unpaired) electrons. The maximum absolute atomic E-state index is 12.5. The van der Waals surface area contributed by atoms with Gasteiger partial charge in [-0.2, -0.15) is 13.2 Å². The van der Waals surface area contributed by atoms with E-state index < -0.39 is 12.2 Å². The Balaban J connectivity index is 2.88. The van der Waals surface area contributed by atoms with Gasteiger partial charge in [-0.3, -0.25) is 0 Å². The Kier molecular flexibility index (Phi) is 3.55. The van der Waals surface area contributed by atoms with E-state index in [0.717, 1.165) is 4.88 Å². The maximum atomic E-state index is 12.5. The molecule has 1 N–H and O–H groups in total. The van der Waals surface area contributed by atoms with Crippen molar-refractivity contribution in [3.8, 4) is 0 Å². The summed E-state index contributed by atoms with van der Waals surface area (Å²) in [5.74, 6) is 0. The number of nitrogens with one attached hydrogen (secondary N) is 1. The van der Waals surface area contributed by atoms with E-state index in [1.165, 1.54) is 11.3 Å². The van der Waals surface area contributed by atoms with Gasteiger partial charge in [0.2, 0.25) is 0 Å². The summed E-state index contributed by atoms with van der Waals surface area (Å²) in [6.07, 6.45) is -4.22. The van der Waals surface area contributed by atoms with Crippen LogP contribution in [-0.4, -0.2) is 12.7 Å². The van der Waals surface area contributed by atoms with Crippen molar-refractivity contribution in [2.24, 2.45) is 0 Å². The zero-order valence-corrected chi connectivity index (χ0v) is 8.80. The van der Waals surface area contributed by atoms with E-state index in [4.69, 9.17) is 0 Å². The van der Waals surface area contributed by atoms with Crippen LogP contribution in [0.5, 0.6) is 0 Å². The number of aryl methyl sites for hydroxylation is 1. The average molecular weight is 223 g/mol. The fraction of sp³-hybridized carbons (Fsp3) is 0.556. The first kappa shape index (κ1) is 11.5. The summed E-state index contributed by atoms with van der Waals surface area (Å²) in [4.78, 5) is 0.896. The molecule has 0 saturated carbocycles. The molecule has 0 aromatic carbocycles. The van der Waals surface area contributed by atoms with E-state index in [9.17, 15) is 13.2 Å². The zero-order valence-electron chi connectivity index (χ0n) is 7.98. The maximum Gasteiger partial charge on any atom is 0.407 e. The minimum absolute atomic E-state index is 0.305. The minimum Gasteiger partial charge on any atom is -0.303 e. The Morgan fingerprint density at radius 2 is 2.14 bits per heavy atom. The largest absolute Gasteiger partial charge is 0.407 e. The van der Waals surface area contributed by atoms with Gasteiger partial charge < -0.3 is 5.32 Å². The van der Waals surface area contributed by atoms with Gasteiger partial charge in [0.25, 0.3) is 0 Å². The molecule has 1 nitrogen and oxygen atoms in total. The molecule has 0 amide bonds. The molecule has 1 unspecified atom stereocenters. The summed E-state index contributed by atoms with van der Waals surface area (Å²) in [5, 5.41) is 3.99. The summed E-state index contributed by atoms with van der Waals surface area (Å²) in [6.45, 7) is 3.77. The van der Waals surface area contributed by atoms with Gasteiger partial charge in [0, 0.05) is 4.88 Å². The lowest BCUT2D eigenvalue weighted by Gasteiger charge is -2.19. The van der Waals surface area contributed by atoms with Gasteiger partial charge in [-0.15, -0.1) is 11.3 Å². The predicted molar refractivity (Wildman–Crippen MR) is 51.5 cm³/mol. The van der Waals surface area contributed by atoms with Crippen molar-refractivity contribution in [3.05, 3.63) is 21.9 Å². The van der Waals surface area contributed by atoms with Crippen LogP contribution in [0.25, 0.3) is 0 Å². The van der Waals surface area contributed by atoms with E-state index >= 15 is 0 Å². The van der Waals surface area contributed by atoms with Crippen molar-refractivity contribution in [2.45, 2.75) is 26.1 Å². The molecule has 1 atom stereocenters. The van der Waals surface area contributed by atoms with Gasteiger partial charge in [-0.25, -0.2) is 0 Å². The minimum atomic E-state index is -4.22. The summed E-state index contributed by atoms with van der Waals surface area (Å²) in [6, 6.07) is 0.0447. The quantitative estimate of drug-likeness (QED) is 0.829. The molecule has 0 spiro atoms. The first-order chi connectivity index (χ1) is 6.45. The first-order valence-electron chi connectivity index (χ1n) is 4.30. The third-order valence-corrected chi connectivity index (χ3v) is 2.70.